The van der Waals surface area contributed by atoms with Crippen LogP contribution < -0.4 is 22.1 Å². The number of hydrogen-bond donors (Lipinski definition) is 5. The number of carbonyl (C=O) groups is 4. The van der Waals surface area contributed by atoms with Crippen molar-refractivity contribution in [1.82, 2.24) is 15.5 Å². The fraction of sp³-hybridized carbons (Fsp3) is 0.565. The van der Waals surface area contributed by atoms with Gasteiger partial charge in [-0.2, -0.15) is 0 Å². The highest BCUT2D eigenvalue weighted by molar-refractivity contribution is 6.00. The van der Waals surface area contributed by atoms with Crippen molar-refractivity contribution in [3.63, 3.8) is 0 Å². The second-order valence-corrected chi connectivity index (χ2v) is 9.40. The van der Waals surface area contributed by atoms with Gasteiger partial charge in [0.25, 0.3) is 5.91 Å². The summed E-state index contributed by atoms with van der Waals surface area (Å²) in [7, 11) is 0. The molecule has 1 aliphatic rings. The van der Waals surface area contributed by atoms with Gasteiger partial charge in [0.15, 0.2) is 6.10 Å². The minimum absolute atomic E-state index is 0.107. The molecular formula is C23H35N5O5. The molecule has 1 aliphatic heterocycles. The van der Waals surface area contributed by atoms with Gasteiger partial charge in [0.1, 0.15) is 0 Å². The topological polar surface area (TPSA) is 168 Å². The largest absolute Gasteiger partial charge is 0.381 e. The van der Waals surface area contributed by atoms with Gasteiger partial charge in [0, 0.05) is 5.54 Å². The minimum Gasteiger partial charge on any atom is -0.381 e. The number of nitrogens with two attached hydrogens (primary N) is 2. The van der Waals surface area contributed by atoms with E-state index in [9.17, 15) is 24.3 Å². The quantitative estimate of drug-likeness (QED) is 0.320. The summed E-state index contributed by atoms with van der Waals surface area (Å²) in [6, 6.07) is 6.15. The highest BCUT2D eigenvalue weighted by atomic mass is 16.3. The molecule has 1 saturated heterocycles. The Morgan fingerprint density at radius 3 is 2.36 bits per heavy atom. The first-order valence-corrected chi connectivity index (χ1v) is 11.1. The van der Waals surface area contributed by atoms with Gasteiger partial charge in [-0.1, -0.05) is 30.3 Å². The van der Waals surface area contributed by atoms with E-state index >= 15 is 0 Å². The molecule has 0 spiro atoms. The molecule has 1 fully saturated rings. The van der Waals surface area contributed by atoms with Crippen LogP contribution in [0.1, 0.15) is 45.6 Å². The van der Waals surface area contributed by atoms with Crippen LogP contribution >= 0.6 is 0 Å². The fourth-order valence-corrected chi connectivity index (χ4v) is 4.01. The monoisotopic (exact) mass is 461 g/mol. The van der Waals surface area contributed by atoms with Gasteiger partial charge in [-0.25, -0.2) is 0 Å². The van der Waals surface area contributed by atoms with E-state index in [1.807, 2.05) is 31.7 Å². The van der Waals surface area contributed by atoms with Crippen LogP contribution in [0.5, 0.6) is 0 Å². The Bertz CT molecular complexity index is 855. The van der Waals surface area contributed by atoms with Crippen LogP contribution in [0.25, 0.3) is 0 Å². The summed E-state index contributed by atoms with van der Waals surface area (Å²) in [5.74, 6) is -2.88. The molecule has 1 aromatic carbocycles. The van der Waals surface area contributed by atoms with E-state index < -0.39 is 47.9 Å². The molecule has 0 bridgehead atoms. The Hall–Kier alpha value is -2.82. The lowest BCUT2D eigenvalue weighted by molar-refractivity contribution is -0.140. The third-order valence-electron chi connectivity index (χ3n) is 5.70. The number of hydrogen-bond acceptors (Lipinski definition) is 7. The van der Waals surface area contributed by atoms with Crippen molar-refractivity contribution in [2.45, 2.75) is 76.2 Å². The summed E-state index contributed by atoms with van der Waals surface area (Å²) < 4.78 is 0. The number of nitrogens with one attached hydrogen (secondary N) is 2. The third kappa shape index (κ3) is 7.62. The van der Waals surface area contributed by atoms with E-state index in [4.69, 9.17) is 11.5 Å². The van der Waals surface area contributed by atoms with Crippen molar-refractivity contribution < 1.29 is 24.3 Å². The van der Waals surface area contributed by atoms with Gasteiger partial charge < -0.3 is 21.9 Å². The molecule has 1 aromatic rings. The molecule has 4 atom stereocenters. The highest BCUT2D eigenvalue weighted by Crippen LogP contribution is 2.26. The Labute approximate surface area is 194 Å². The van der Waals surface area contributed by atoms with Crippen LogP contribution in [0.4, 0.5) is 0 Å². The first-order valence-electron chi connectivity index (χ1n) is 11.1. The fourth-order valence-electron chi connectivity index (χ4n) is 4.01. The molecule has 0 aromatic heterocycles. The summed E-state index contributed by atoms with van der Waals surface area (Å²) in [5.41, 5.74) is 11.3. The van der Waals surface area contributed by atoms with Crippen molar-refractivity contribution in [1.29, 1.82) is 0 Å². The van der Waals surface area contributed by atoms with Crippen LogP contribution in [0, 0.1) is 0 Å². The van der Waals surface area contributed by atoms with Gasteiger partial charge in [0.2, 0.25) is 17.7 Å². The smallest absolute Gasteiger partial charge is 0.257 e. The highest BCUT2D eigenvalue weighted by Gasteiger charge is 2.39. The molecule has 7 N–H and O–H groups in total. The van der Waals surface area contributed by atoms with Gasteiger partial charge in [0.05, 0.1) is 24.5 Å². The standard InChI is InChI=1S/C23H35N5O5/c1-23(2,3)28-11-7-10-17(28)21(32)27-22(33)19(30)16(12-14-8-5-4-6-9-14)26-20(31)15(24)13-18(25)29/h4-6,8-9,15-17,19,30H,7,10-13,24H2,1-3H3,(H2,25,29)(H,26,31)(H,27,32,33)/t15-,16-,17-,19?/m0/s1. The predicted octanol–water partition coefficient (Wildman–Crippen LogP) is -0.817. The van der Waals surface area contributed by atoms with Crippen molar-refractivity contribution in [2.75, 3.05) is 6.54 Å². The lowest BCUT2D eigenvalue weighted by Crippen LogP contribution is -2.58. The summed E-state index contributed by atoms with van der Waals surface area (Å²) in [4.78, 5) is 51.1. The van der Waals surface area contributed by atoms with Gasteiger partial charge >= 0.3 is 0 Å². The minimum atomic E-state index is -1.72. The SMILES string of the molecule is CC(C)(C)N1CCC[C@H]1C(=O)NC(=O)C(O)[C@H](Cc1ccccc1)NC(=O)[C@@H](N)CC(N)=O. The van der Waals surface area contributed by atoms with Crippen molar-refractivity contribution in [3.8, 4) is 0 Å². The molecule has 0 aliphatic carbocycles. The van der Waals surface area contributed by atoms with Crippen LogP contribution in [-0.4, -0.2) is 69.9 Å². The molecule has 10 heteroatoms. The number of benzene rings is 1. The van der Waals surface area contributed by atoms with Crippen LogP contribution in [0.15, 0.2) is 30.3 Å². The molecule has 1 unspecified atom stereocenters. The molecule has 0 radical (unpaired) electrons. The molecular weight excluding hydrogens is 426 g/mol. The zero-order valence-electron chi connectivity index (χ0n) is 19.4. The van der Waals surface area contributed by atoms with Crippen molar-refractivity contribution in [2.24, 2.45) is 11.5 Å². The van der Waals surface area contributed by atoms with Gasteiger partial charge in [-0.15, -0.1) is 0 Å². The first kappa shape index (κ1) is 26.4. The molecule has 182 valence electrons. The van der Waals surface area contributed by atoms with Gasteiger partial charge in [-0.05, 0) is 52.1 Å². The maximum atomic E-state index is 12.8. The first-order chi connectivity index (χ1) is 15.4. The maximum Gasteiger partial charge on any atom is 0.257 e. The number of likely N-dealkylation sites (tertiary alicyclic amines) is 1. The average molecular weight is 462 g/mol. The predicted molar refractivity (Wildman–Crippen MR) is 123 cm³/mol. The lowest BCUT2D eigenvalue weighted by Gasteiger charge is -2.36. The second kappa shape index (κ2) is 11.4. The van der Waals surface area contributed by atoms with Crippen LogP contribution in [-0.2, 0) is 25.6 Å². The normalized spacial score (nSPS) is 19.4. The summed E-state index contributed by atoms with van der Waals surface area (Å²) in [5, 5.41) is 15.6. The average Bonchev–Trinajstić information content (AvgIpc) is 3.23. The molecule has 2 rings (SSSR count). The molecule has 4 amide bonds. The van der Waals surface area contributed by atoms with E-state index in [-0.39, 0.29) is 18.4 Å². The van der Waals surface area contributed by atoms with E-state index in [2.05, 4.69) is 10.6 Å². The molecule has 1 heterocycles. The Kier molecular flexibility index (Phi) is 9.09. The van der Waals surface area contributed by atoms with E-state index in [1.54, 1.807) is 24.3 Å². The third-order valence-corrected chi connectivity index (χ3v) is 5.70. The molecule has 33 heavy (non-hydrogen) atoms. The Balaban J connectivity index is 2.12. The zero-order valence-corrected chi connectivity index (χ0v) is 19.4. The van der Waals surface area contributed by atoms with Crippen LogP contribution in [0.3, 0.4) is 0 Å². The second-order valence-electron chi connectivity index (χ2n) is 9.40. The van der Waals surface area contributed by atoms with Crippen LogP contribution in [0.2, 0.25) is 0 Å². The summed E-state index contributed by atoms with van der Waals surface area (Å²) in [6.45, 7) is 6.73. The number of imide groups is 1. The molecule has 0 saturated carbocycles. The summed E-state index contributed by atoms with van der Waals surface area (Å²) >= 11 is 0. The Morgan fingerprint density at radius 1 is 1.15 bits per heavy atom. The number of aliphatic hydroxyl groups excluding tert-OH is 1. The van der Waals surface area contributed by atoms with Crippen molar-refractivity contribution >= 4 is 23.6 Å². The Morgan fingerprint density at radius 2 is 1.79 bits per heavy atom. The maximum absolute atomic E-state index is 12.8. The number of rotatable bonds is 9. The van der Waals surface area contributed by atoms with E-state index in [0.717, 1.165) is 18.5 Å². The van der Waals surface area contributed by atoms with Crippen molar-refractivity contribution in [3.05, 3.63) is 35.9 Å². The molecule has 10 nitrogen and oxygen atoms in total. The number of carbonyl (C=O) groups excluding carboxylic acids is 4. The number of primary amides is 1. The number of nitrogens with zero attached hydrogens (tertiary/aromatic N) is 1. The summed E-state index contributed by atoms with van der Waals surface area (Å²) in [6.07, 6.45) is -0.552. The lowest BCUT2D eigenvalue weighted by atomic mass is 9.99. The number of amides is 4. The van der Waals surface area contributed by atoms with E-state index in [0.29, 0.717) is 6.42 Å². The van der Waals surface area contributed by atoms with Gasteiger partial charge in [-0.3, -0.25) is 29.4 Å². The van der Waals surface area contributed by atoms with E-state index in [1.165, 1.54) is 0 Å². The zero-order chi connectivity index (χ0) is 24.8. The number of aliphatic hydroxyl groups is 1.